The van der Waals surface area contributed by atoms with E-state index in [9.17, 15) is 4.79 Å². The predicted octanol–water partition coefficient (Wildman–Crippen LogP) is 1.43. The van der Waals surface area contributed by atoms with Crippen molar-refractivity contribution in [2.45, 2.75) is 6.42 Å². The number of amides is 1. The standard InChI is InChI=1S/C13H16N4O2/c1-19-7-6-9-4-2-3-5-10(9)15-13(18)11-8-12(14)17-16-11/h2-5,8H,6-7H2,1H3,(H,15,18)(H3,14,16,17). The molecule has 4 N–H and O–H groups in total. The Morgan fingerprint density at radius 2 is 2.26 bits per heavy atom. The number of ether oxygens (including phenoxy) is 1. The molecule has 0 saturated carbocycles. The molecule has 0 aliphatic carbocycles. The van der Waals surface area contributed by atoms with Crippen LogP contribution in [0.5, 0.6) is 0 Å². The Labute approximate surface area is 111 Å². The fourth-order valence-corrected chi connectivity index (χ4v) is 1.72. The van der Waals surface area contributed by atoms with Crippen molar-refractivity contribution in [3.63, 3.8) is 0 Å². The number of H-pyrrole nitrogens is 1. The molecule has 0 atom stereocenters. The van der Waals surface area contributed by atoms with Crippen molar-refractivity contribution < 1.29 is 9.53 Å². The minimum absolute atomic E-state index is 0.269. The van der Waals surface area contributed by atoms with Crippen molar-refractivity contribution in [3.05, 3.63) is 41.6 Å². The third kappa shape index (κ3) is 3.32. The molecule has 100 valence electrons. The molecule has 1 aromatic carbocycles. The third-order valence-corrected chi connectivity index (χ3v) is 2.68. The second-order valence-corrected chi connectivity index (χ2v) is 4.06. The number of aromatic nitrogens is 2. The highest BCUT2D eigenvalue weighted by Gasteiger charge is 2.11. The van der Waals surface area contributed by atoms with Crippen molar-refractivity contribution >= 4 is 17.4 Å². The number of nitrogens with two attached hydrogens (primary N) is 1. The minimum atomic E-state index is -0.269. The minimum Gasteiger partial charge on any atom is -0.384 e. The van der Waals surface area contributed by atoms with E-state index in [1.54, 1.807) is 7.11 Å². The van der Waals surface area contributed by atoms with Crippen molar-refractivity contribution in [2.24, 2.45) is 0 Å². The Morgan fingerprint density at radius 3 is 2.95 bits per heavy atom. The van der Waals surface area contributed by atoms with Crippen LogP contribution in [0, 0.1) is 0 Å². The van der Waals surface area contributed by atoms with Gasteiger partial charge in [-0.25, -0.2) is 0 Å². The molecule has 2 rings (SSSR count). The van der Waals surface area contributed by atoms with Gasteiger partial charge in [-0.2, -0.15) is 5.10 Å². The number of nitrogen functional groups attached to an aromatic ring is 1. The highest BCUT2D eigenvalue weighted by molar-refractivity contribution is 6.03. The Bertz CT molecular complexity index is 565. The predicted molar refractivity (Wildman–Crippen MR) is 73.0 cm³/mol. The Hall–Kier alpha value is -2.34. The van der Waals surface area contributed by atoms with E-state index in [2.05, 4.69) is 15.5 Å². The Morgan fingerprint density at radius 1 is 1.47 bits per heavy atom. The van der Waals surface area contributed by atoms with E-state index in [4.69, 9.17) is 10.5 Å². The molecule has 2 aromatic rings. The molecule has 0 spiro atoms. The van der Waals surface area contributed by atoms with Gasteiger partial charge >= 0.3 is 0 Å². The molecule has 0 saturated heterocycles. The van der Waals surface area contributed by atoms with Crippen LogP contribution in [0.15, 0.2) is 30.3 Å². The summed E-state index contributed by atoms with van der Waals surface area (Å²) in [5.41, 5.74) is 7.58. The number of rotatable bonds is 5. The number of para-hydroxylation sites is 1. The van der Waals surface area contributed by atoms with Gasteiger partial charge in [0.15, 0.2) is 0 Å². The number of benzene rings is 1. The zero-order valence-electron chi connectivity index (χ0n) is 10.6. The summed E-state index contributed by atoms with van der Waals surface area (Å²) < 4.78 is 5.05. The number of hydrogen-bond donors (Lipinski definition) is 3. The van der Waals surface area contributed by atoms with Gasteiger partial charge in [-0.15, -0.1) is 0 Å². The quantitative estimate of drug-likeness (QED) is 0.758. The first-order valence-corrected chi connectivity index (χ1v) is 5.90. The number of aromatic amines is 1. The van der Waals surface area contributed by atoms with Crippen LogP contribution in [0.1, 0.15) is 16.1 Å². The van der Waals surface area contributed by atoms with Crippen LogP contribution in [0.25, 0.3) is 0 Å². The van der Waals surface area contributed by atoms with E-state index in [1.165, 1.54) is 6.07 Å². The maximum absolute atomic E-state index is 12.0. The molecular weight excluding hydrogens is 244 g/mol. The second kappa shape index (κ2) is 6.01. The number of nitrogens with one attached hydrogen (secondary N) is 2. The molecule has 0 bridgehead atoms. The normalized spacial score (nSPS) is 10.4. The highest BCUT2D eigenvalue weighted by atomic mass is 16.5. The average Bonchev–Trinajstić information content (AvgIpc) is 2.84. The largest absolute Gasteiger partial charge is 0.384 e. The zero-order chi connectivity index (χ0) is 13.7. The molecule has 1 aromatic heterocycles. The molecule has 0 aliphatic rings. The van der Waals surface area contributed by atoms with E-state index in [0.717, 1.165) is 17.7 Å². The summed E-state index contributed by atoms with van der Waals surface area (Å²) in [7, 11) is 1.65. The summed E-state index contributed by atoms with van der Waals surface area (Å²) >= 11 is 0. The Kier molecular flexibility index (Phi) is 4.15. The van der Waals surface area contributed by atoms with Gasteiger partial charge in [0.05, 0.1) is 6.61 Å². The maximum atomic E-state index is 12.0. The molecular formula is C13H16N4O2. The fraction of sp³-hybridized carbons (Fsp3) is 0.231. The third-order valence-electron chi connectivity index (χ3n) is 2.68. The zero-order valence-corrected chi connectivity index (χ0v) is 10.6. The van der Waals surface area contributed by atoms with Crippen molar-refractivity contribution in [1.29, 1.82) is 0 Å². The van der Waals surface area contributed by atoms with E-state index in [1.807, 2.05) is 24.3 Å². The number of methoxy groups -OCH3 is 1. The summed E-state index contributed by atoms with van der Waals surface area (Å²) in [5.74, 6) is 0.0203. The van der Waals surface area contributed by atoms with Crippen molar-refractivity contribution in [2.75, 3.05) is 24.8 Å². The highest BCUT2D eigenvalue weighted by Crippen LogP contribution is 2.16. The van der Waals surface area contributed by atoms with Crippen LogP contribution in [0.2, 0.25) is 0 Å². The lowest BCUT2D eigenvalue weighted by atomic mass is 10.1. The van der Waals surface area contributed by atoms with Gasteiger partial charge in [0.2, 0.25) is 0 Å². The van der Waals surface area contributed by atoms with Gasteiger partial charge in [-0.1, -0.05) is 18.2 Å². The lowest BCUT2D eigenvalue weighted by Gasteiger charge is -2.09. The van der Waals surface area contributed by atoms with Gasteiger partial charge in [0.1, 0.15) is 11.5 Å². The first-order chi connectivity index (χ1) is 9.20. The molecule has 0 fully saturated rings. The van der Waals surface area contributed by atoms with Crippen LogP contribution < -0.4 is 11.1 Å². The van der Waals surface area contributed by atoms with Gasteiger partial charge in [0, 0.05) is 18.9 Å². The molecule has 0 radical (unpaired) electrons. The van der Waals surface area contributed by atoms with Crippen LogP contribution in [-0.2, 0) is 11.2 Å². The van der Waals surface area contributed by atoms with Crippen molar-refractivity contribution in [3.8, 4) is 0 Å². The SMILES string of the molecule is COCCc1ccccc1NC(=O)c1cc(N)n[nH]1. The first-order valence-electron chi connectivity index (χ1n) is 5.90. The molecule has 6 nitrogen and oxygen atoms in total. The fourth-order valence-electron chi connectivity index (χ4n) is 1.72. The van der Waals surface area contributed by atoms with Crippen LogP contribution >= 0.6 is 0 Å². The van der Waals surface area contributed by atoms with Crippen LogP contribution in [0.3, 0.4) is 0 Å². The number of carbonyl (C=O) groups excluding carboxylic acids is 1. The summed E-state index contributed by atoms with van der Waals surface area (Å²) in [6.07, 6.45) is 0.734. The summed E-state index contributed by atoms with van der Waals surface area (Å²) in [6, 6.07) is 9.09. The summed E-state index contributed by atoms with van der Waals surface area (Å²) in [6.45, 7) is 0.601. The van der Waals surface area contributed by atoms with E-state index in [-0.39, 0.29) is 11.7 Å². The lowest BCUT2D eigenvalue weighted by Crippen LogP contribution is -2.14. The number of hydrogen-bond acceptors (Lipinski definition) is 4. The second-order valence-electron chi connectivity index (χ2n) is 4.06. The molecule has 1 heterocycles. The monoisotopic (exact) mass is 260 g/mol. The Balaban J connectivity index is 2.12. The lowest BCUT2D eigenvalue weighted by molar-refractivity contribution is 0.102. The number of anilines is 2. The van der Waals surface area contributed by atoms with Gasteiger partial charge in [-0.3, -0.25) is 9.89 Å². The molecule has 6 heteroatoms. The van der Waals surface area contributed by atoms with Crippen LogP contribution in [0.4, 0.5) is 11.5 Å². The van der Waals surface area contributed by atoms with E-state index < -0.39 is 0 Å². The topological polar surface area (TPSA) is 93.0 Å². The molecule has 1 amide bonds. The molecule has 0 aliphatic heterocycles. The first kappa shape index (κ1) is 13.1. The average molecular weight is 260 g/mol. The van der Waals surface area contributed by atoms with E-state index in [0.29, 0.717) is 12.3 Å². The van der Waals surface area contributed by atoms with Gasteiger partial charge in [0.25, 0.3) is 5.91 Å². The summed E-state index contributed by atoms with van der Waals surface area (Å²) in [5, 5.41) is 9.13. The summed E-state index contributed by atoms with van der Waals surface area (Å²) in [4.78, 5) is 12.0. The smallest absolute Gasteiger partial charge is 0.273 e. The number of nitrogens with zero attached hydrogens (tertiary/aromatic N) is 1. The maximum Gasteiger partial charge on any atom is 0.273 e. The van der Waals surface area contributed by atoms with Gasteiger partial charge in [-0.05, 0) is 18.1 Å². The van der Waals surface area contributed by atoms with E-state index >= 15 is 0 Å². The molecule has 0 unspecified atom stereocenters. The van der Waals surface area contributed by atoms with Crippen molar-refractivity contribution in [1.82, 2.24) is 10.2 Å². The molecule has 19 heavy (non-hydrogen) atoms. The van der Waals surface area contributed by atoms with Crippen LogP contribution in [-0.4, -0.2) is 29.8 Å². The van der Waals surface area contributed by atoms with Gasteiger partial charge < -0.3 is 15.8 Å². The number of carbonyl (C=O) groups is 1.